The Morgan fingerprint density at radius 2 is 2.22 bits per heavy atom. The highest BCUT2D eigenvalue weighted by Gasteiger charge is 2.10. The Balaban J connectivity index is 2.13. The molecule has 1 aromatic carbocycles. The average molecular weight is 266 g/mol. The van der Waals surface area contributed by atoms with Crippen molar-refractivity contribution in [3.05, 3.63) is 35.5 Å². The third-order valence-corrected chi connectivity index (χ3v) is 3.21. The Kier molecular flexibility index (Phi) is 4.28. The van der Waals surface area contributed by atoms with Gasteiger partial charge in [0.2, 0.25) is 0 Å². The third-order valence-electron chi connectivity index (χ3n) is 2.44. The van der Waals surface area contributed by atoms with Crippen LogP contribution in [0.3, 0.4) is 0 Å². The van der Waals surface area contributed by atoms with Gasteiger partial charge >= 0.3 is 0 Å². The Morgan fingerprint density at radius 1 is 1.44 bits per heavy atom. The lowest BCUT2D eigenvalue weighted by molar-refractivity contribution is 0.190. The lowest BCUT2D eigenvalue weighted by atomic mass is 10.2. The maximum atomic E-state index is 13.6. The summed E-state index contributed by atoms with van der Waals surface area (Å²) in [5, 5.41) is 5.84. The van der Waals surface area contributed by atoms with Crippen molar-refractivity contribution in [3.63, 3.8) is 0 Å². The zero-order valence-corrected chi connectivity index (χ0v) is 11.1. The van der Waals surface area contributed by atoms with E-state index in [-0.39, 0.29) is 11.9 Å². The van der Waals surface area contributed by atoms with Crippen LogP contribution in [0.25, 0.3) is 11.3 Å². The molecule has 0 bridgehead atoms. The summed E-state index contributed by atoms with van der Waals surface area (Å²) in [5.74, 6) is -0.251. The maximum absolute atomic E-state index is 13.6. The van der Waals surface area contributed by atoms with E-state index >= 15 is 0 Å². The van der Waals surface area contributed by atoms with Gasteiger partial charge in [0.1, 0.15) is 5.82 Å². The quantitative estimate of drug-likeness (QED) is 0.900. The van der Waals surface area contributed by atoms with E-state index in [1.165, 1.54) is 17.4 Å². The molecule has 0 fully saturated rings. The van der Waals surface area contributed by atoms with Gasteiger partial charge in [-0.3, -0.25) is 0 Å². The van der Waals surface area contributed by atoms with Crippen LogP contribution in [-0.4, -0.2) is 24.7 Å². The van der Waals surface area contributed by atoms with Crippen LogP contribution in [0.4, 0.5) is 9.52 Å². The van der Waals surface area contributed by atoms with Gasteiger partial charge in [-0.2, -0.15) is 0 Å². The van der Waals surface area contributed by atoms with Crippen molar-refractivity contribution in [2.24, 2.45) is 0 Å². The summed E-state index contributed by atoms with van der Waals surface area (Å²) in [5.41, 5.74) is 1.19. The second kappa shape index (κ2) is 5.93. The van der Waals surface area contributed by atoms with Crippen LogP contribution >= 0.6 is 11.3 Å². The van der Waals surface area contributed by atoms with Crippen LogP contribution in [-0.2, 0) is 4.74 Å². The Labute approximate surface area is 110 Å². The standard InChI is InChI=1S/C13H15FN2OS/c1-9(7-17-2)15-13-16-12(8-18-13)10-5-3-4-6-11(10)14/h3-6,8-9H,7H2,1-2H3,(H,15,16)/t9-/m1/s1. The smallest absolute Gasteiger partial charge is 0.183 e. The summed E-state index contributed by atoms with van der Waals surface area (Å²) >= 11 is 1.46. The summed E-state index contributed by atoms with van der Waals surface area (Å²) in [6.45, 7) is 2.61. The normalized spacial score (nSPS) is 12.4. The monoisotopic (exact) mass is 266 g/mol. The van der Waals surface area contributed by atoms with Gasteiger partial charge in [0.15, 0.2) is 5.13 Å². The van der Waals surface area contributed by atoms with Crippen molar-refractivity contribution >= 4 is 16.5 Å². The summed E-state index contributed by atoms with van der Waals surface area (Å²) in [7, 11) is 1.66. The molecule has 0 saturated heterocycles. The topological polar surface area (TPSA) is 34.1 Å². The van der Waals surface area contributed by atoms with Gasteiger partial charge in [0.25, 0.3) is 0 Å². The highest BCUT2D eigenvalue weighted by atomic mass is 32.1. The molecule has 0 aliphatic carbocycles. The van der Waals surface area contributed by atoms with Crippen LogP contribution in [0.1, 0.15) is 6.92 Å². The molecule has 5 heteroatoms. The lowest BCUT2D eigenvalue weighted by Crippen LogP contribution is -2.20. The van der Waals surface area contributed by atoms with Gasteiger partial charge in [-0.05, 0) is 19.1 Å². The van der Waals surface area contributed by atoms with E-state index in [1.54, 1.807) is 25.3 Å². The highest BCUT2D eigenvalue weighted by molar-refractivity contribution is 7.14. The number of methoxy groups -OCH3 is 1. The first-order chi connectivity index (χ1) is 8.70. The van der Waals surface area contributed by atoms with Crippen LogP contribution in [0.5, 0.6) is 0 Å². The van der Waals surface area contributed by atoms with E-state index in [0.717, 1.165) is 5.13 Å². The predicted molar refractivity (Wildman–Crippen MR) is 72.5 cm³/mol. The van der Waals surface area contributed by atoms with Crippen molar-refractivity contribution in [1.29, 1.82) is 0 Å². The summed E-state index contributed by atoms with van der Waals surface area (Å²) < 4.78 is 18.6. The minimum Gasteiger partial charge on any atom is -0.383 e. The van der Waals surface area contributed by atoms with Gasteiger partial charge in [-0.25, -0.2) is 9.37 Å². The molecule has 18 heavy (non-hydrogen) atoms. The van der Waals surface area contributed by atoms with Crippen molar-refractivity contribution in [2.45, 2.75) is 13.0 Å². The van der Waals surface area contributed by atoms with E-state index in [4.69, 9.17) is 4.74 Å². The zero-order valence-electron chi connectivity index (χ0n) is 10.3. The molecule has 2 rings (SSSR count). The van der Waals surface area contributed by atoms with Gasteiger partial charge in [-0.15, -0.1) is 11.3 Å². The van der Waals surface area contributed by atoms with Crippen molar-refractivity contribution < 1.29 is 9.13 Å². The van der Waals surface area contributed by atoms with Crippen molar-refractivity contribution in [2.75, 3.05) is 19.0 Å². The number of nitrogens with zero attached hydrogens (tertiary/aromatic N) is 1. The molecule has 1 heterocycles. The molecule has 2 aromatic rings. The Bertz CT molecular complexity index is 515. The predicted octanol–water partition coefficient (Wildman–Crippen LogP) is 3.40. The van der Waals surface area contributed by atoms with Gasteiger partial charge in [0, 0.05) is 24.1 Å². The zero-order chi connectivity index (χ0) is 13.0. The molecular formula is C13H15FN2OS. The molecule has 1 aromatic heterocycles. The fourth-order valence-corrected chi connectivity index (χ4v) is 2.46. The highest BCUT2D eigenvalue weighted by Crippen LogP contribution is 2.27. The van der Waals surface area contributed by atoms with Crippen LogP contribution in [0.15, 0.2) is 29.6 Å². The maximum Gasteiger partial charge on any atom is 0.183 e. The van der Waals surface area contributed by atoms with E-state index < -0.39 is 0 Å². The number of anilines is 1. The summed E-state index contributed by atoms with van der Waals surface area (Å²) in [4.78, 5) is 4.38. The SMILES string of the molecule is COC[C@@H](C)Nc1nc(-c2ccccc2F)cs1. The molecule has 1 atom stereocenters. The summed E-state index contributed by atoms with van der Waals surface area (Å²) in [6.07, 6.45) is 0. The Hall–Kier alpha value is -1.46. The summed E-state index contributed by atoms with van der Waals surface area (Å²) in [6, 6.07) is 6.82. The van der Waals surface area contributed by atoms with E-state index in [1.807, 2.05) is 12.3 Å². The molecule has 96 valence electrons. The van der Waals surface area contributed by atoms with Crippen molar-refractivity contribution in [1.82, 2.24) is 4.98 Å². The molecule has 0 spiro atoms. The van der Waals surface area contributed by atoms with Crippen LogP contribution < -0.4 is 5.32 Å². The number of benzene rings is 1. The first-order valence-corrected chi connectivity index (χ1v) is 6.54. The Morgan fingerprint density at radius 3 is 2.94 bits per heavy atom. The van der Waals surface area contributed by atoms with Gasteiger partial charge < -0.3 is 10.1 Å². The third kappa shape index (κ3) is 3.05. The van der Waals surface area contributed by atoms with Crippen LogP contribution in [0, 0.1) is 5.82 Å². The molecule has 0 aliphatic heterocycles. The first kappa shape index (κ1) is 13.0. The van der Waals surface area contributed by atoms with Gasteiger partial charge in [-0.1, -0.05) is 12.1 Å². The first-order valence-electron chi connectivity index (χ1n) is 5.66. The van der Waals surface area contributed by atoms with Crippen LogP contribution in [0.2, 0.25) is 0 Å². The second-order valence-corrected chi connectivity index (χ2v) is 4.88. The van der Waals surface area contributed by atoms with Gasteiger partial charge in [0.05, 0.1) is 12.3 Å². The molecule has 1 N–H and O–H groups in total. The van der Waals surface area contributed by atoms with E-state index in [0.29, 0.717) is 17.9 Å². The molecule has 0 radical (unpaired) electrons. The average Bonchev–Trinajstić information content (AvgIpc) is 2.78. The number of hydrogen-bond donors (Lipinski definition) is 1. The number of ether oxygens (including phenoxy) is 1. The molecule has 0 amide bonds. The molecule has 3 nitrogen and oxygen atoms in total. The van der Waals surface area contributed by atoms with E-state index in [9.17, 15) is 4.39 Å². The molecule has 0 saturated carbocycles. The molecule has 0 aliphatic rings. The number of hydrogen-bond acceptors (Lipinski definition) is 4. The number of rotatable bonds is 5. The number of aromatic nitrogens is 1. The van der Waals surface area contributed by atoms with Crippen molar-refractivity contribution in [3.8, 4) is 11.3 Å². The second-order valence-electron chi connectivity index (χ2n) is 4.02. The number of nitrogens with one attached hydrogen (secondary N) is 1. The molecule has 0 unspecified atom stereocenters. The largest absolute Gasteiger partial charge is 0.383 e. The lowest BCUT2D eigenvalue weighted by Gasteiger charge is -2.10. The minimum atomic E-state index is -0.251. The number of thiazole rings is 1. The minimum absolute atomic E-state index is 0.176. The fourth-order valence-electron chi connectivity index (χ4n) is 1.64. The number of halogens is 1. The fraction of sp³-hybridized carbons (Fsp3) is 0.308. The van der Waals surface area contributed by atoms with E-state index in [2.05, 4.69) is 10.3 Å². The molecular weight excluding hydrogens is 251 g/mol.